The molecule has 78 valence electrons. The molecular weight excluding hydrogens is 200 g/mol. The molecule has 1 aromatic carbocycles. The number of non-ortho nitro benzene ring substituents is 1. The second-order valence-electron chi connectivity index (χ2n) is 3.13. The number of nitrogens with one attached hydrogen (secondary N) is 1. The highest BCUT2D eigenvalue weighted by Gasteiger charge is 2.25. The highest BCUT2D eigenvalue weighted by Crippen LogP contribution is 2.24. The molecule has 0 radical (unpaired) electrons. The fraction of sp³-hybridized carbons (Fsp3) is 0.222. The molecule has 1 aliphatic rings. The smallest absolute Gasteiger partial charge is 0.407 e. The first-order valence-electron chi connectivity index (χ1n) is 4.35. The fourth-order valence-electron chi connectivity index (χ4n) is 1.41. The molecule has 1 atom stereocenters. The number of nitro groups is 1. The summed E-state index contributed by atoms with van der Waals surface area (Å²) < 4.78 is 4.91. The van der Waals surface area contributed by atoms with Crippen LogP contribution in [0.3, 0.4) is 0 Å². The summed E-state index contributed by atoms with van der Waals surface area (Å²) in [6, 6.07) is 6.07. The van der Waals surface area contributed by atoms with Gasteiger partial charge in [0.15, 0.2) is 0 Å². The van der Waals surface area contributed by atoms with Gasteiger partial charge in [-0.2, -0.15) is 0 Å². The number of nitrogens with zero attached hydrogens (tertiary/aromatic N) is 1. The van der Waals surface area contributed by atoms with Gasteiger partial charge < -0.3 is 10.1 Å². The Labute approximate surface area is 85.0 Å². The lowest BCUT2D eigenvalue weighted by molar-refractivity contribution is -0.385. The zero-order valence-corrected chi connectivity index (χ0v) is 7.67. The molecule has 6 nitrogen and oxygen atoms in total. The van der Waals surface area contributed by atoms with Crippen LogP contribution in [0.15, 0.2) is 24.3 Å². The SMILES string of the molecule is O=C1NCC(c2cccc([N+](=O)[O-])c2)O1. The average molecular weight is 208 g/mol. The van der Waals surface area contributed by atoms with E-state index in [2.05, 4.69) is 5.32 Å². The fourth-order valence-corrected chi connectivity index (χ4v) is 1.41. The van der Waals surface area contributed by atoms with Gasteiger partial charge in [0.1, 0.15) is 6.10 Å². The maximum atomic E-state index is 10.8. The van der Waals surface area contributed by atoms with Crippen LogP contribution in [-0.2, 0) is 4.74 Å². The summed E-state index contributed by atoms with van der Waals surface area (Å²) in [5, 5.41) is 13.0. The molecule has 1 heterocycles. The average Bonchev–Trinajstić information content (AvgIpc) is 2.65. The molecule has 1 aliphatic heterocycles. The van der Waals surface area contributed by atoms with E-state index < -0.39 is 17.1 Å². The molecule has 1 amide bonds. The Kier molecular flexibility index (Phi) is 2.24. The first-order valence-corrected chi connectivity index (χ1v) is 4.35. The molecule has 1 N–H and O–H groups in total. The van der Waals surface area contributed by atoms with Crippen LogP contribution in [0, 0.1) is 10.1 Å². The number of hydrogen-bond donors (Lipinski definition) is 1. The summed E-state index contributed by atoms with van der Waals surface area (Å²) in [4.78, 5) is 20.8. The van der Waals surface area contributed by atoms with Gasteiger partial charge >= 0.3 is 6.09 Å². The van der Waals surface area contributed by atoms with Crippen molar-refractivity contribution in [3.05, 3.63) is 39.9 Å². The maximum Gasteiger partial charge on any atom is 0.407 e. The first kappa shape index (κ1) is 9.45. The summed E-state index contributed by atoms with van der Waals surface area (Å²) in [6.45, 7) is 0.347. The van der Waals surface area contributed by atoms with Crippen molar-refractivity contribution < 1.29 is 14.5 Å². The van der Waals surface area contributed by atoms with Crippen molar-refractivity contribution in [3.8, 4) is 0 Å². The van der Waals surface area contributed by atoms with E-state index in [0.717, 1.165) is 0 Å². The number of benzene rings is 1. The number of hydrogen-bond acceptors (Lipinski definition) is 4. The third-order valence-electron chi connectivity index (χ3n) is 2.13. The molecular formula is C9H8N2O4. The Bertz CT molecular complexity index is 418. The van der Waals surface area contributed by atoms with E-state index in [-0.39, 0.29) is 5.69 Å². The predicted molar refractivity (Wildman–Crippen MR) is 50.3 cm³/mol. The molecule has 1 saturated heterocycles. The minimum absolute atomic E-state index is 0.00421. The largest absolute Gasteiger partial charge is 0.439 e. The van der Waals surface area contributed by atoms with Crippen molar-refractivity contribution >= 4 is 11.8 Å². The van der Waals surface area contributed by atoms with E-state index >= 15 is 0 Å². The van der Waals surface area contributed by atoms with Crippen LogP contribution in [0.4, 0.5) is 10.5 Å². The molecule has 0 saturated carbocycles. The third kappa shape index (κ3) is 1.88. The molecule has 15 heavy (non-hydrogen) atoms. The summed E-state index contributed by atoms with van der Waals surface area (Å²) in [7, 11) is 0. The monoisotopic (exact) mass is 208 g/mol. The molecule has 6 heteroatoms. The van der Waals surface area contributed by atoms with Gasteiger partial charge in [0.25, 0.3) is 5.69 Å². The van der Waals surface area contributed by atoms with E-state index in [4.69, 9.17) is 4.74 Å². The lowest BCUT2D eigenvalue weighted by Crippen LogP contribution is -2.12. The minimum Gasteiger partial charge on any atom is -0.439 e. The number of ether oxygens (including phenoxy) is 1. The molecule has 0 aliphatic carbocycles. The second kappa shape index (κ2) is 3.56. The summed E-state index contributed by atoms with van der Waals surface area (Å²) >= 11 is 0. The van der Waals surface area contributed by atoms with E-state index in [1.165, 1.54) is 12.1 Å². The van der Waals surface area contributed by atoms with Crippen LogP contribution in [0.1, 0.15) is 11.7 Å². The second-order valence-corrected chi connectivity index (χ2v) is 3.13. The summed E-state index contributed by atoms with van der Waals surface area (Å²) in [6.07, 6.45) is -0.927. The van der Waals surface area contributed by atoms with Crippen LogP contribution in [0.25, 0.3) is 0 Å². The van der Waals surface area contributed by atoms with Crippen LogP contribution in [-0.4, -0.2) is 17.6 Å². The molecule has 1 fully saturated rings. The Balaban J connectivity index is 2.25. The van der Waals surface area contributed by atoms with Gasteiger partial charge in [0, 0.05) is 17.7 Å². The van der Waals surface area contributed by atoms with Gasteiger partial charge in [-0.1, -0.05) is 12.1 Å². The molecule has 2 rings (SSSR count). The molecule has 0 bridgehead atoms. The van der Waals surface area contributed by atoms with E-state index in [1.54, 1.807) is 12.1 Å². The van der Waals surface area contributed by atoms with Crippen molar-refractivity contribution in [1.82, 2.24) is 5.32 Å². The Morgan fingerprint density at radius 2 is 2.33 bits per heavy atom. The molecule has 0 spiro atoms. The molecule has 1 aromatic rings. The first-order chi connectivity index (χ1) is 7.16. The van der Waals surface area contributed by atoms with Crippen molar-refractivity contribution in [3.63, 3.8) is 0 Å². The number of alkyl carbamates (subject to hydrolysis) is 1. The number of rotatable bonds is 2. The number of amides is 1. The van der Waals surface area contributed by atoms with Crippen LogP contribution in [0.5, 0.6) is 0 Å². The highest BCUT2D eigenvalue weighted by atomic mass is 16.6. The minimum atomic E-state index is -0.494. The zero-order valence-electron chi connectivity index (χ0n) is 7.67. The Morgan fingerprint density at radius 3 is 2.93 bits per heavy atom. The standard InChI is InChI=1S/C9H8N2O4/c12-9-10-5-8(15-9)6-2-1-3-7(4-6)11(13)14/h1-4,8H,5H2,(H,10,12). The lowest BCUT2D eigenvalue weighted by atomic mass is 10.1. The van der Waals surface area contributed by atoms with Gasteiger partial charge in [0.2, 0.25) is 0 Å². The van der Waals surface area contributed by atoms with E-state index in [1.807, 2.05) is 0 Å². The molecule has 0 aromatic heterocycles. The highest BCUT2D eigenvalue weighted by molar-refractivity contribution is 5.69. The van der Waals surface area contributed by atoms with Crippen LogP contribution in [0.2, 0.25) is 0 Å². The van der Waals surface area contributed by atoms with E-state index in [0.29, 0.717) is 12.1 Å². The molecule has 1 unspecified atom stereocenters. The Hall–Kier alpha value is -2.11. The van der Waals surface area contributed by atoms with Gasteiger partial charge in [-0.25, -0.2) is 4.79 Å². The van der Waals surface area contributed by atoms with Gasteiger partial charge in [0.05, 0.1) is 11.5 Å². The third-order valence-corrected chi connectivity index (χ3v) is 2.13. The van der Waals surface area contributed by atoms with Gasteiger partial charge in [-0.3, -0.25) is 10.1 Å². The quantitative estimate of drug-likeness (QED) is 0.587. The normalized spacial score (nSPS) is 19.5. The number of carbonyl (C=O) groups is 1. The Morgan fingerprint density at radius 1 is 1.53 bits per heavy atom. The number of nitro benzene ring substituents is 1. The number of cyclic esters (lactones) is 1. The van der Waals surface area contributed by atoms with Crippen molar-refractivity contribution in [2.45, 2.75) is 6.10 Å². The van der Waals surface area contributed by atoms with Crippen LogP contribution >= 0.6 is 0 Å². The van der Waals surface area contributed by atoms with Crippen LogP contribution < -0.4 is 5.32 Å². The van der Waals surface area contributed by atoms with E-state index in [9.17, 15) is 14.9 Å². The topological polar surface area (TPSA) is 81.5 Å². The van der Waals surface area contributed by atoms with Gasteiger partial charge in [-0.15, -0.1) is 0 Å². The number of carbonyl (C=O) groups excluding carboxylic acids is 1. The van der Waals surface area contributed by atoms with Crippen molar-refractivity contribution in [2.24, 2.45) is 0 Å². The predicted octanol–water partition coefficient (Wildman–Crippen LogP) is 1.38. The maximum absolute atomic E-state index is 10.8. The summed E-state index contributed by atoms with van der Waals surface area (Å²) in [5.74, 6) is 0. The summed E-state index contributed by atoms with van der Waals surface area (Å²) in [5.41, 5.74) is 0.623. The van der Waals surface area contributed by atoms with Crippen molar-refractivity contribution in [2.75, 3.05) is 6.54 Å². The van der Waals surface area contributed by atoms with Gasteiger partial charge in [-0.05, 0) is 0 Å². The van der Waals surface area contributed by atoms with Crippen molar-refractivity contribution in [1.29, 1.82) is 0 Å². The lowest BCUT2D eigenvalue weighted by Gasteiger charge is -2.06. The zero-order chi connectivity index (χ0) is 10.8.